The lowest BCUT2D eigenvalue weighted by molar-refractivity contribution is 0.365. The number of rotatable bonds is 6. The maximum atomic E-state index is 13.0. The van der Waals surface area contributed by atoms with E-state index in [0.29, 0.717) is 23.0 Å². The number of halogens is 2. The largest absolute Gasteiger partial charge is 0.308 e. The van der Waals surface area contributed by atoms with Crippen molar-refractivity contribution in [3.8, 4) is 0 Å². The van der Waals surface area contributed by atoms with Crippen LogP contribution in [0.15, 0.2) is 24.5 Å². The van der Waals surface area contributed by atoms with Crippen molar-refractivity contribution in [3.63, 3.8) is 0 Å². The van der Waals surface area contributed by atoms with E-state index in [1.807, 2.05) is 19.0 Å². The molecule has 2 aromatic heterocycles. The fourth-order valence-corrected chi connectivity index (χ4v) is 2.24. The highest BCUT2D eigenvalue weighted by molar-refractivity contribution is 6.31. The highest BCUT2D eigenvalue weighted by Crippen LogP contribution is 2.26. The molecule has 0 bridgehead atoms. The summed E-state index contributed by atoms with van der Waals surface area (Å²) in [6.45, 7) is 1.47. The summed E-state index contributed by atoms with van der Waals surface area (Å²) in [6.07, 6.45) is 2.72. The van der Waals surface area contributed by atoms with Crippen LogP contribution in [0.4, 0.5) is 4.39 Å². The number of nitrogens with one attached hydrogen (secondary N) is 1. The molecule has 3 N–H and O–H groups in total. The number of likely N-dealkylation sites (N-methyl/N-ethyl adjacent to an activating group) is 1. The molecule has 0 aliphatic carbocycles. The van der Waals surface area contributed by atoms with Gasteiger partial charge < -0.3 is 4.90 Å². The Labute approximate surface area is 127 Å². The summed E-state index contributed by atoms with van der Waals surface area (Å²) >= 11 is 6.22. The van der Waals surface area contributed by atoms with Crippen molar-refractivity contribution in [2.45, 2.75) is 12.6 Å². The minimum Gasteiger partial charge on any atom is -0.308 e. The van der Waals surface area contributed by atoms with E-state index in [-0.39, 0.29) is 0 Å². The summed E-state index contributed by atoms with van der Waals surface area (Å²) in [6, 6.07) is 2.45. The zero-order chi connectivity index (χ0) is 15.4. The van der Waals surface area contributed by atoms with E-state index in [1.54, 1.807) is 16.9 Å². The lowest BCUT2D eigenvalue weighted by Crippen LogP contribution is -2.32. The van der Waals surface area contributed by atoms with Crippen LogP contribution in [0.2, 0.25) is 5.02 Å². The molecule has 0 aromatic carbocycles. The molecule has 0 saturated carbocycles. The van der Waals surface area contributed by atoms with Crippen LogP contribution in [-0.2, 0) is 6.54 Å². The first-order chi connectivity index (χ1) is 10.0. The quantitative estimate of drug-likeness (QED) is 0.619. The van der Waals surface area contributed by atoms with Gasteiger partial charge in [0.05, 0.1) is 35.3 Å². The van der Waals surface area contributed by atoms with Gasteiger partial charge in [0.15, 0.2) is 0 Å². The van der Waals surface area contributed by atoms with Crippen LogP contribution in [0.25, 0.3) is 0 Å². The fourth-order valence-electron chi connectivity index (χ4n) is 1.99. The van der Waals surface area contributed by atoms with Gasteiger partial charge in [0.1, 0.15) is 11.9 Å². The molecule has 0 saturated heterocycles. The number of hydrazine groups is 1. The normalized spacial score (nSPS) is 12.9. The SMILES string of the molecule is CN(C)CCn1ncc(Cl)c1C(NN)c1ccc(F)cn1. The maximum Gasteiger partial charge on any atom is 0.141 e. The first-order valence-electron chi connectivity index (χ1n) is 6.46. The Hall–Kier alpha value is -1.54. The summed E-state index contributed by atoms with van der Waals surface area (Å²) in [7, 11) is 3.95. The standard InChI is InChI=1S/C13H18ClFN6/c1-20(2)5-6-21-13(10(14)8-18-21)12(19-16)11-4-3-9(15)7-17-11/h3-4,7-8,12,19H,5-6,16H2,1-2H3. The first kappa shape index (κ1) is 15.8. The topological polar surface area (TPSA) is 72.0 Å². The maximum absolute atomic E-state index is 13.0. The molecule has 2 heterocycles. The van der Waals surface area contributed by atoms with Gasteiger partial charge in [-0.05, 0) is 26.2 Å². The third kappa shape index (κ3) is 3.76. The third-order valence-electron chi connectivity index (χ3n) is 3.08. The number of aromatic nitrogens is 3. The van der Waals surface area contributed by atoms with Crippen LogP contribution in [0.1, 0.15) is 17.4 Å². The van der Waals surface area contributed by atoms with Gasteiger partial charge in [-0.3, -0.25) is 15.5 Å². The second-order valence-electron chi connectivity index (χ2n) is 4.91. The minimum absolute atomic E-state index is 0.401. The van der Waals surface area contributed by atoms with E-state index in [0.717, 1.165) is 12.7 Å². The number of pyridine rings is 1. The van der Waals surface area contributed by atoms with Crippen LogP contribution in [0, 0.1) is 5.82 Å². The van der Waals surface area contributed by atoms with Crippen LogP contribution < -0.4 is 11.3 Å². The molecule has 6 nitrogen and oxygen atoms in total. The van der Waals surface area contributed by atoms with Gasteiger partial charge in [-0.25, -0.2) is 9.82 Å². The fraction of sp³-hybridized carbons (Fsp3) is 0.385. The number of nitrogens with two attached hydrogens (primary N) is 1. The van der Waals surface area contributed by atoms with Crippen molar-refractivity contribution < 1.29 is 4.39 Å². The summed E-state index contributed by atoms with van der Waals surface area (Å²) < 4.78 is 14.8. The van der Waals surface area contributed by atoms with Crippen molar-refractivity contribution >= 4 is 11.6 Å². The van der Waals surface area contributed by atoms with Crippen LogP contribution in [0.5, 0.6) is 0 Å². The average molecular weight is 313 g/mol. The summed E-state index contributed by atoms with van der Waals surface area (Å²) in [5, 5.41) is 4.75. The Kier molecular flexibility index (Phi) is 5.24. The zero-order valence-electron chi connectivity index (χ0n) is 11.9. The van der Waals surface area contributed by atoms with Crippen molar-refractivity contribution in [3.05, 3.63) is 46.8 Å². The van der Waals surface area contributed by atoms with Crippen LogP contribution >= 0.6 is 11.6 Å². The van der Waals surface area contributed by atoms with Gasteiger partial charge in [0, 0.05) is 6.54 Å². The molecule has 2 aromatic rings. The first-order valence-corrected chi connectivity index (χ1v) is 6.84. The Morgan fingerprint density at radius 1 is 1.43 bits per heavy atom. The van der Waals surface area contributed by atoms with Gasteiger partial charge in [0.25, 0.3) is 0 Å². The van der Waals surface area contributed by atoms with E-state index < -0.39 is 11.9 Å². The molecular formula is C13H18ClFN6. The highest BCUT2D eigenvalue weighted by Gasteiger charge is 2.22. The molecule has 1 atom stereocenters. The van der Waals surface area contributed by atoms with E-state index >= 15 is 0 Å². The monoisotopic (exact) mass is 312 g/mol. The second-order valence-corrected chi connectivity index (χ2v) is 5.31. The molecule has 114 valence electrons. The molecule has 0 spiro atoms. The molecule has 0 amide bonds. The summed E-state index contributed by atoms with van der Waals surface area (Å²) in [5.41, 5.74) is 3.95. The Balaban J connectivity index is 2.33. The van der Waals surface area contributed by atoms with E-state index in [1.165, 1.54) is 6.07 Å². The number of hydrogen-bond acceptors (Lipinski definition) is 5. The van der Waals surface area contributed by atoms with Crippen molar-refractivity contribution in [2.75, 3.05) is 20.6 Å². The average Bonchev–Trinajstić information content (AvgIpc) is 2.81. The number of nitrogens with zero attached hydrogens (tertiary/aromatic N) is 4. The highest BCUT2D eigenvalue weighted by atomic mass is 35.5. The Morgan fingerprint density at radius 3 is 2.76 bits per heavy atom. The molecule has 0 radical (unpaired) electrons. The molecular weight excluding hydrogens is 295 g/mol. The number of hydrogen-bond donors (Lipinski definition) is 2. The lowest BCUT2D eigenvalue weighted by Gasteiger charge is -2.19. The van der Waals surface area contributed by atoms with Gasteiger partial charge in [-0.1, -0.05) is 11.6 Å². The van der Waals surface area contributed by atoms with Gasteiger partial charge in [-0.15, -0.1) is 0 Å². The smallest absolute Gasteiger partial charge is 0.141 e. The van der Waals surface area contributed by atoms with E-state index in [4.69, 9.17) is 17.4 Å². The van der Waals surface area contributed by atoms with Gasteiger partial charge in [0.2, 0.25) is 0 Å². The Bertz CT molecular complexity index is 583. The predicted octanol–water partition coefficient (Wildman–Crippen LogP) is 1.18. The van der Waals surface area contributed by atoms with Crippen molar-refractivity contribution in [1.82, 2.24) is 25.1 Å². The van der Waals surface area contributed by atoms with E-state index in [2.05, 4.69) is 15.5 Å². The van der Waals surface area contributed by atoms with Crippen LogP contribution in [0.3, 0.4) is 0 Å². The molecule has 0 aliphatic heterocycles. The third-order valence-corrected chi connectivity index (χ3v) is 3.37. The predicted molar refractivity (Wildman–Crippen MR) is 79.2 cm³/mol. The molecule has 8 heteroatoms. The summed E-state index contributed by atoms with van der Waals surface area (Å²) in [4.78, 5) is 6.10. The molecule has 2 rings (SSSR count). The van der Waals surface area contributed by atoms with Crippen LogP contribution in [-0.4, -0.2) is 40.3 Å². The van der Waals surface area contributed by atoms with Crippen molar-refractivity contribution in [2.24, 2.45) is 5.84 Å². The summed E-state index contributed by atoms with van der Waals surface area (Å²) in [5.74, 6) is 5.23. The van der Waals surface area contributed by atoms with Gasteiger partial charge >= 0.3 is 0 Å². The second kappa shape index (κ2) is 6.95. The van der Waals surface area contributed by atoms with Gasteiger partial charge in [-0.2, -0.15) is 5.10 Å². The molecule has 21 heavy (non-hydrogen) atoms. The lowest BCUT2D eigenvalue weighted by atomic mass is 10.1. The zero-order valence-corrected chi connectivity index (χ0v) is 12.7. The van der Waals surface area contributed by atoms with E-state index in [9.17, 15) is 4.39 Å². The molecule has 0 aliphatic rings. The minimum atomic E-state index is -0.456. The molecule has 0 fully saturated rings. The van der Waals surface area contributed by atoms with Crippen molar-refractivity contribution in [1.29, 1.82) is 0 Å². The molecule has 1 unspecified atom stereocenters. The Morgan fingerprint density at radius 2 is 2.19 bits per heavy atom.